The minimum atomic E-state index is -0.783. The zero-order chi connectivity index (χ0) is 15.4. The van der Waals surface area contributed by atoms with Crippen LogP contribution in [0.3, 0.4) is 0 Å². The molecule has 2 rings (SSSR count). The van der Waals surface area contributed by atoms with Crippen LogP contribution in [0.4, 0.5) is 5.69 Å². The maximum Gasteiger partial charge on any atom is 0.313 e. The van der Waals surface area contributed by atoms with E-state index in [1.54, 1.807) is 19.1 Å². The monoisotopic (exact) mass is 326 g/mol. The summed E-state index contributed by atoms with van der Waals surface area (Å²) in [6.45, 7) is 1.99. The molecule has 0 bridgehead atoms. The van der Waals surface area contributed by atoms with Gasteiger partial charge >= 0.3 is 11.8 Å². The lowest BCUT2D eigenvalue weighted by atomic mass is 10.2. The van der Waals surface area contributed by atoms with Crippen molar-refractivity contribution in [2.75, 3.05) is 5.32 Å². The molecule has 0 fully saturated rings. The molecular weight excluding hydrogens is 315 g/mol. The zero-order valence-electron chi connectivity index (χ0n) is 11.1. The molecule has 5 nitrogen and oxygen atoms in total. The number of amides is 2. The Morgan fingerprint density at radius 3 is 2.52 bits per heavy atom. The number of aryl methyl sites for hydroxylation is 1. The van der Waals surface area contributed by atoms with E-state index in [2.05, 4.69) is 10.6 Å². The van der Waals surface area contributed by atoms with Crippen LogP contribution in [0.1, 0.15) is 11.3 Å². The van der Waals surface area contributed by atoms with Gasteiger partial charge in [0.05, 0.1) is 16.3 Å². The molecule has 21 heavy (non-hydrogen) atoms. The van der Waals surface area contributed by atoms with E-state index < -0.39 is 11.8 Å². The van der Waals surface area contributed by atoms with E-state index in [1.807, 2.05) is 0 Å². The van der Waals surface area contributed by atoms with E-state index in [0.29, 0.717) is 21.5 Å². The van der Waals surface area contributed by atoms with Crippen LogP contribution < -0.4 is 10.6 Å². The molecule has 0 radical (unpaired) electrons. The summed E-state index contributed by atoms with van der Waals surface area (Å²) in [5, 5.41) is 5.60. The van der Waals surface area contributed by atoms with Crippen molar-refractivity contribution in [1.29, 1.82) is 0 Å². The van der Waals surface area contributed by atoms with Gasteiger partial charge in [0.2, 0.25) is 0 Å². The van der Waals surface area contributed by atoms with Crippen LogP contribution >= 0.6 is 23.2 Å². The Bertz CT molecular complexity index is 683. The first kappa shape index (κ1) is 15.4. The summed E-state index contributed by atoms with van der Waals surface area (Å²) in [5.41, 5.74) is 1.20. The van der Waals surface area contributed by atoms with Crippen LogP contribution in [-0.4, -0.2) is 11.8 Å². The zero-order valence-corrected chi connectivity index (χ0v) is 12.6. The lowest BCUT2D eigenvalue weighted by Gasteiger charge is -2.07. The lowest BCUT2D eigenvalue weighted by molar-refractivity contribution is -0.136. The number of carbonyl (C=O) groups is 2. The molecule has 0 saturated carbocycles. The summed E-state index contributed by atoms with van der Waals surface area (Å²) in [7, 11) is 0. The van der Waals surface area contributed by atoms with Crippen molar-refractivity contribution < 1.29 is 14.0 Å². The Kier molecular flexibility index (Phi) is 4.88. The Labute approximate surface area is 131 Å². The first-order chi connectivity index (χ1) is 9.97. The normalized spacial score (nSPS) is 10.2. The maximum absolute atomic E-state index is 11.7. The second-order valence-corrected chi connectivity index (χ2v) is 5.08. The van der Waals surface area contributed by atoms with Gasteiger partial charge in [-0.15, -0.1) is 0 Å². The number of hydrogen-bond acceptors (Lipinski definition) is 3. The maximum atomic E-state index is 11.7. The van der Waals surface area contributed by atoms with Crippen LogP contribution in [0.2, 0.25) is 10.0 Å². The third-order valence-corrected chi connectivity index (χ3v) is 3.53. The van der Waals surface area contributed by atoms with Gasteiger partial charge in [0, 0.05) is 17.8 Å². The highest BCUT2D eigenvalue weighted by Crippen LogP contribution is 2.24. The highest BCUT2D eigenvalue weighted by Gasteiger charge is 2.14. The SMILES string of the molecule is Cc1occc1CNC(=O)C(=O)Nc1ccc(Cl)c(Cl)c1. The van der Waals surface area contributed by atoms with Crippen LogP contribution in [0.15, 0.2) is 34.9 Å². The molecule has 0 aliphatic rings. The molecule has 0 atom stereocenters. The third kappa shape index (κ3) is 4.00. The van der Waals surface area contributed by atoms with Crippen LogP contribution in [0, 0.1) is 6.92 Å². The quantitative estimate of drug-likeness (QED) is 0.851. The largest absolute Gasteiger partial charge is 0.469 e. The van der Waals surface area contributed by atoms with E-state index in [-0.39, 0.29) is 6.54 Å². The van der Waals surface area contributed by atoms with Crippen LogP contribution in [-0.2, 0) is 16.1 Å². The molecule has 0 unspecified atom stereocenters. The predicted octanol–water partition coefficient (Wildman–Crippen LogP) is 3.15. The van der Waals surface area contributed by atoms with E-state index in [4.69, 9.17) is 27.6 Å². The molecule has 0 aliphatic carbocycles. The average Bonchev–Trinajstić information content (AvgIpc) is 2.85. The van der Waals surface area contributed by atoms with Crippen molar-refractivity contribution in [2.24, 2.45) is 0 Å². The summed E-state index contributed by atoms with van der Waals surface area (Å²) in [4.78, 5) is 23.4. The number of nitrogens with one attached hydrogen (secondary N) is 2. The molecule has 0 saturated heterocycles. The molecule has 1 aromatic heterocycles. The van der Waals surface area contributed by atoms with E-state index in [1.165, 1.54) is 18.4 Å². The topological polar surface area (TPSA) is 71.3 Å². The van der Waals surface area contributed by atoms with Crippen molar-refractivity contribution >= 4 is 40.7 Å². The van der Waals surface area contributed by atoms with Gasteiger partial charge in [0.1, 0.15) is 5.76 Å². The molecule has 7 heteroatoms. The lowest BCUT2D eigenvalue weighted by Crippen LogP contribution is -2.35. The van der Waals surface area contributed by atoms with Gasteiger partial charge in [0.15, 0.2) is 0 Å². The molecule has 2 aromatic rings. The number of anilines is 1. The van der Waals surface area contributed by atoms with Crippen LogP contribution in [0.25, 0.3) is 0 Å². The number of rotatable bonds is 3. The summed E-state index contributed by atoms with van der Waals surface area (Å²) < 4.78 is 5.10. The Morgan fingerprint density at radius 2 is 1.90 bits per heavy atom. The number of hydrogen-bond donors (Lipinski definition) is 2. The van der Waals surface area contributed by atoms with Gasteiger partial charge in [-0.1, -0.05) is 23.2 Å². The van der Waals surface area contributed by atoms with E-state index in [9.17, 15) is 9.59 Å². The minimum Gasteiger partial charge on any atom is -0.469 e. The molecule has 2 N–H and O–H groups in total. The molecular formula is C14H12Cl2N2O3. The fraction of sp³-hybridized carbons (Fsp3) is 0.143. The van der Waals surface area contributed by atoms with E-state index >= 15 is 0 Å². The van der Waals surface area contributed by atoms with Crippen molar-refractivity contribution in [2.45, 2.75) is 13.5 Å². The number of furan rings is 1. The third-order valence-electron chi connectivity index (χ3n) is 2.79. The second-order valence-electron chi connectivity index (χ2n) is 4.27. The number of carbonyl (C=O) groups excluding carboxylic acids is 2. The number of halogens is 2. The minimum absolute atomic E-state index is 0.218. The molecule has 0 aliphatic heterocycles. The first-order valence-corrected chi connectivity index (χ1v) is 6.80. The van der Waals surface area contributed by atoms with Crippen LogP contribution in [0.5, 0.6) is 0 Å². The molecule has 1 aromatic carbocycles. The van der Waals surface area contributed by atoms with Gasteiger partial charge in [-0.2, -0.15) is 0 Å². The predicted molar refractivity (Wildman–Crippen MR) is 80.4 cm³/mol. The number of benzene rings is 1. The second kappa shape index (κ2) is 6.65. The molecule has 110 valence electrons. The molecule has 1 heterocycles. The van der Waals surface area contributed by atoms with Crippen molar-refractivity contribution in [1.82, 2.24) is 5.32 Å². The van der Waals surface area contributed by atoms with Crippen molar-refractivity contribution in [3.05, 3.63) is 51.9 Å². The van der Waals surface area contributed by atoms with Gasteiger partial charge in [0.25, 0.3) is 0 Å². The summed E-state index contributed by atoms with van der Waals surface area (Å²) in [6.07, 6.45) is 1.52. The average molecular weight is 327 g/mol. The summed E-state index contributed by atoms with van der Waals surface area (Å²) >= 11 is 11.6. The summed E-state index contributed by atoms with van der Waals surface area (Å²) in [5.74, 6) is -0.837. The first-order valence-electron chi connectivity index (χ1n) is 6.04. The van der Waals surface area contributed by atoms with Gasteiger partial charge in [-0.3, -0.25) is 9.59 Å². The van der Waals surface area contributed by atoms with Gasteiger partial charge in [-0.25, -0.2) is 0 Å². The Hall–Kier alpha value is -1.98. The highest BCUT2D eigenvalue weighted by molar-refractivity contribution is 6.42. The summed E-state index contributed by atoms with van der Waals surface area (Å²) in [6, 6.07) is 6.29. The Balaban J connectivity index is 1.92. The fourth-order valence-corrected chi connectivity index (χ4v) is 1.91. The molecule has 2 amide bonds. The fourth-order valence-electron chi connectivity index (χ4n) is 1.61. The standard InChI is InChI=1S/C14H12Cl2N2O3/c1-8-9(4-5-21-8)7-17-13(19)14(20)18-10-2-3-11(15)12(16)6-10/h2-6H,7H2,1H3,(H,17,19)(H,18,20). The van der Waals surface area contributed by atoms with Crippen molar-refractivity contribution in [3.63, 3.8) is 0 Å². The highest BCUT2D eigenvalue weighted by atomic mass is 35.5. The van der Waals surface area contributed by atoms with Gasteiger partial charge in [-0.05, 0) is 31.2 Å². The Morgan fingerprint density at radius 1 is 1.14 bits per heavy atom. The van der Waals surface area contributed by atoms with Crippen molar-refractivity contribution in [3.8, 4) is 0 Å². The molecule has 0 spiro atoms. The van der Waals surface area contributed by atoms with Gasteiger partial charge < -0.3 is 15.1 Å². The van der Waals surface area contributed by atoms with E-state index in [0.717, 1.165) is 5.56 Å². The smallest absolute Gasteiger partial charge is 0.313 e.